The van der Waals surface area contributed by atoms with E-state index in [1.54, 1.807) is 0 Å². The molecule has 74 valence electrons. The largest absolute Gasteiger partial charge is 0.301 e. The first-order valence-electron chi connectivity index (χ1n) is 4.77. The number of nitrogens with zero attached hydrogens (tertiary/aromatic N) is 2. The zero-order valence-electron chi connectivity index (χ0n) is 9.55. The van der Waals surface area contributed by atoms with E-state index in [9.17, 15) is 0 Å². The molecular formula is C10H20N2Si. The van der Waals surface area contributed by atoms with Crippen LogP contribution in [0.25, 0.3) is 0 Å². The van der Waals surface area contributed by atoms with Gasteiger partial charge in [0.1, 0.15) is 0 Å². The molecule has 0 fully saturated rings. The lowest BCUT2D eigenvalue weighted by Gasteiger charge is -2.36. The third-order valence-corrected chi connectivity index (χ3v) is 8.18. The van der Waals surface area contributed by atoms with Crippen molar-refractivity contribution in [3.63, 3.8) is 0 Å². The molecule has 0 atom stereocenters. The van der Waals surface area contributed by atoms with E-state index in [0.717, 1.165) is 0 Å². The van der Waals surface area contributed by atoms with Gasteiger partial charge >= 0.3 is 0 Å². The molecule has 1 aromatic rings. The van der Waals surface area contributed by atoms with Crippen LogP contribution in [0.3, 0.4) is 0 Å². The van der Waals surface area contributed by atoms with Gasteiger partial charge in [0.05, 0.1) is 6.20 Å². The van der Waals surface area contributed by atoms with Crippen molar-refractivity contribution in [2.75, 3.05) is 0 Å². The predicted molar refractivity (Wildman–Crippen MR) is 59.6 cm³/mol. The third-order valence-electron chi connectivity index (χ3n) is 3.12. The monoisotopic (exact) mass is 196 g/mol. The van der Waals surface area contributed by atoms with E-state index in [1.165, 1.54) is 5.56 Å². The number of hydrogen-bond donors (Lipinski definition) is 0. The van der Waals surface area contributed by atoms with Gasteiger partial charge in [0.2, 0.25) is 0 Å². The van der Waals surface area contributed by atoms with E-state index in [0.29, 0.717) is 5.04 Å². The zero-order chi connectivity index (χ0) is 10.3. The fourth-order valence-corrected chi connectivity index (χ4v) is 2.62. The molecular weight excluding hydrogens is 176 g/mol. The van der Waals surface area contributed by atoms with E-state index in [-0.39, 0.29) is 0 Å². The average molecular weight is 196 g/mol. The van der Waals surface area contributed by atoms with E-state index < -0.39 is 8.24 Å². The van der Waals surface area contributed by atoms with Gasteiger partial charge in [-0.1, -0.05) is 20.8 Å². The van der Waals surface area contributed by atoms with Gasteiger partial charge in [-0.25, -0.2) is 0 Å². The topological polar surface area (TPSA) is 17.8 Å². The Labute approximate surface area is 82.1 Å². The highest BCUT2D eigenvalue weighted by molar-refractivity contribution is 6.78. The van der Waals surface area contributed by atoms with Crippen LogP contribution in [0.1, 0.15) is 26.3 Å². The summed E-state index contributed by atoms with van der Waals surface area (Å²) < 4.78 is 2.20. The van der Waals surface area contributed by atoms with Crippen LogP contribution in [-0.4, -0.2) is 17.7 Å². The van der Waals surface area contributed by atoms with Gasteiger partial charge in [-0.2, -0.15) is 5.10 Å². The molecule has 1 heterocycles. The van der Waals surface area contributed by atoms with Gasteiger partial charge in [-0.3, -0.25) is 0 Å². The van der Waals surface area contributed by atoms with Gasteiger partial charge < -0.3 is 4.35 Å². The molecule has 0 N–H and O–H groups in total. The fourth-order valence-electron chi connectivity index (χ4n) is 1.06. The molecule has 3 heteroatoms. The lowest BCUT2D eigenvalue weighted by Crippen LogP contribution is -2.45. The van der Waals surface area contributed by atoms with Crippen LogP contribution in [0, 0.1) is 6.92 Å². The Morgan fingerprint density at radius 3 is 2.15 bits per heavy atom. The normalized spacial score (nSPS) is 13.4. The first-order chi connectivity index (χ1) is 5.75. The van der Waals surface area contributed by atoms with E-state index in [4.69, 9.17) is 0 Å². The summed E-state index contributed by atoms with van der Waals surface area (Å²) in [5, 5.41) is 4.78. The van der Waals surface area contributed by atoms with Gasteiger partial charge in [0, 0.05) is 6.20 Å². The summed E-state index contributed by atoms with van der Waals surface area (Å²) >= 11 is 0. The zero-order valence-corrected chi connectivity index (χ0v) is 10.5. The maximum absolute atomic E-state index is 4.43. The molecule has 0 spiro atoms. The minimum atomic E-state index is -1.45. The van der Waals surface area contributed by atoms with Crippen molar-refractivity contribution in [3.05, 3.63) is 18.0 Å². The molecule has 1 aromatic heterocycles. The molecule has 13 heavy (non-hydrogen) atoms. The number of hydrogen-bond acceptors (Lipinski definition) is 1. The highest BCUT2D eigenvalue weighted by atomic mass is 28.3. The SMILES string of the molecule is Cc1cnn([Si](C)(C)C(C)(C)C)c1. The highest BCUT2D eigenvalue weighted by Gasteiger charge is 2.38. The summed E-state index contributed by atoms with van der Waals surface area (Å²) in [7, 11) is -1.45. The van der Waals surface area contributed by atoms with Gasteiger partial charge in [-0.05, 0) is 30.6 Å². The van der Waals surface area contributed by atoms with Gasteiger partial charge in [0.15, 0.2) is 8.24 Å². The summed E-state index contributed by atoms with van der Waals surface area (Å²) in [6.45, 7) is 13.7. The molecule has 0 aliphatic carbocycles. The minimum Gasteiger partial charge on any atom is -0.301 e. The number of aromatic nitrogens is 2. The summed E-state index contributed by atoms with van der Waals surface area (Å²) in [5.41, 5.74) is 1.25. The number of rotatable bonds is 1. The van der Waals surface area contributed by atoms with Gasteiger partial charge in [0.25, 0.3) is 0 Å². The van der Waals surface area contributed by atoms with Crippen LogP contribution in [-0.2, 0) is 0 Å². The fraction of sp³-hybridized carbons (Fsp3) is 0.700. The Hall–Kier alpha value is -0.573. The van der Waals surface area contributed by atoms with Crippen LogP contribution >= 0.6 is 0 Å². The number of aryl methyl sites for hydroxylation is 1. The highest BCUT2D eigenvalue weighted by Crippen LogP contribution is 2.36. The summed E-state index contributed by atoms with van der Waals surface area (Å²) in [6, 6.07) is 0. The predicted octanol–water partition coefficient (Wildman–Crippen LogP) is 3.04. The molecule has 0 saturated carbocycles. The molecule has 0 amide bonds. The average Bonchev–Trinajstić information content (AvgIpc) is 2.33. The van der Waals surface area contributed by atoms with E-state index >= 15 is 0 Å². The van der Waals surface area contributed by atoms with Crippen LogP contribution in [0.2, 0.25) is 18.1 Å². The smallest absolute Gasteiger partial charge is 0.184 e. The molecule has 0 aliphatic heterocycles. The molecule has 0 radical (unpaired) electrons. The van der Waals surface area contributed by atoms with E-state index in [2.05, 4.69) is 56.4 Å². The van der Waals surface area contributed by atoms with Crippen molar-refractivity contribution < 1.29 is 0 Å². The maximum atomic E-state index is 4.43. The Morgan fingerprint density at radius 2 is 1.85 bits per heavy atom. The summed E-state index contributed by atoms with van der Waals surface area (Å²) in [5.74, 6) is 0. The molecule has 0 bridgehead atoms. The molecule has 0 aromatic carbocycles. The lowest BCUT2D eigenvalue weighted by atomic mass is 10.2. The summed E-state index contributed by atoms with van der Waals surface area (Å²) in [4.78, 5) is 0. The maximum Gasteiger partial charge on any atom is 0.184 e. The first kappa shape index (κ1) is 10.5. The lowest BCUT2D eigenvalue weighted by molar-refractivity contribution is 0.682. The standard InChI is InChI=1S/C10H20N2Si/c1-9-7-11-12(8-9)13(5,6)10(2,3)4/h7-8H,1-6H3. The molecule has 0 aliphatic rings. The van der Waals surface area contributed by atoms with Crippen molar-refractivity contribution in [2.24, 2.45) is 0 Å². The van der Waals surface area contributed by atoms with Crippen LogP contribution in [0.5, 0.6) is 0 Å². The van der Waals surface area contributed by atoms with Crippen LogP contribution < -0.4 is 0 Å². The van der Waals surface area contributed by atoms with Gasteiger partial charge in [-0.15, -0.1) is 0 Å². The van der Waals surface area contributed by atoms with Crippen molar-refractivity contribution in [1.82, 2.24) is 9.45 Å². The molecule has 0 saturated heterocycles. The van der Waals surface area contributed by atoms with E-state index in [1.807, 2.05) is 6.20 Å². The Balaban J connectivity index is 3.07. The second-order valence-corrected chi connectivity index (χ2v) is 10.3. The second-order valence-electron chi connectivity index (χ2n) is 5.27. The minimum absolute atomic E-state index is 0.353. The van der Waals surface area contributed by atoms with Crippen molar-refractivity contribution in [2.45, 2.75) is 45.8 Å². The molecule has 1 rings (SSSR count). The quantitative estimate of drug-likeness (QED) is 0.631. The Morgan fingerprint density at radius 1 is 1.31 bits per heavy atom. The van der Waals surface area contributed by atoms with Crippen LogP contribution in [0.4, 0.5) is 0 Å². The first-order valence-corrected chi connectivity index (χ1v) is 7.71. The van der Waals surface area contributed by atoms with Crippen molar-refractivity contribution in [3.8, 4) is 0 Å². The van der Waals surface area contributed by atoms with Crippen molar-refractivity contribution in [1.29, 1.82) is 0 Å². The molecule has 0 unspecified atom stereocenters. The van der Waals surface area contributed by atoms with Crippen molar-refractivity contribution >= 4 is 8.24 Å². The second kappa shape index (κ2) is 2.98. The Bertz CT molecular complexity index is 294. The third kappa shape index (κ3) is 1.85. The summed E-state index contributed by atoms with van der Waals surface area (Å²) in [6.07, 6.45) is 4.11. The van der Waals surface area contributed by atoms with Crippen LogP contribution in [0.15, 0.2) is 12.4 Å². The molecule has 2 nitrogen and oxygen atoms in total. The Kier molecular flexibility index (Phi) is 2.41.